The quantitative estimate of drug-likeness (QED) is 0.691. The van der Waals surface area contributed by atoms with Gasteiger partial charge in [-0.2, -0.15) is 5.10 Å². The first-order valence-corrected chi connectivity index (χ1v) is 9.46. The van der Waals surface area contributed by atoms with Crippen molar-refractivity contribution in [2.45, 2.75) is 32.6 Å². The number of nitrogens with zero attached hydrogens (tertiary/aromatic N) is 5. The van der Waals surface area contributed by atoms with Gasteiger partial charge in [0.15, 0.2) is 5.82 Å². The first kappa shape index (κ1) is 17.5. The van der Waals surface area contributed by atoms with Crippen LogP contribution in [0.2, 0.25) is 0 Å². The topological polar surface area (TPSA) is 95.9 Å². The molecule has 2 aromatic rings. The average Bonchev–Trinajstić information content (AvgIpc) is 3.31. The SMILES string of the molecule is CCCc1nnsc1C(=O)NCCNc1cc(N2CCCC2)cnn1. The van der Waals surface area contributed by atoms with Crippen LogP contribution in [0.5, 0.6) is 0 Å². The highest BCUT2D eigenvalue weighted by molar-refractivity contribution is 7.08. The second-order valence-corrected chi connectivity index (χ2v) is 6.73. The molecule has 8 nitrogen and oxygen atoms in total. The highest BCUT2D eigenvalue weighted by Crippen LogP contribution is 2.20. The van der Waals surface area contributed by atoms with E-state index in [2.05, 4.69) is 42.2 Å². The number of hydrogen-bond acceptors (Lipinski definition) is 8. The number of aromatic nitrogens is 4. The fraction of sp³-hybridized carbons (Fsp3) is 0.562. The molecule has 1 saturated heterocycles. The smallest absolute Gasteiger partial charge is 0.265 e. The third-order valence-corrected chi connectivity index (χ3v) is 4.84. The predicted octanol–water partition coefficient (Wildman–Crippen LogP) is 1.72. The van der Waals surface area contributed by atoms with Crippen LogP contribution < -0.4 is 15.5 Å². The summed E-state index contributed by atoms with van der Waals surface area (Å²) in [6.45, 7) is 5.29. The summed E-state index contributed by atoms with van der Waals surface area (Å²) in [6.07, 6.45) is 5.97. The van der Waals surface area contributed by atoms with Crippen LogP contribution in [0, 0.1) is 0 Å². The van der Waals surface area contributed by atoms with Crippen molar-refractivity contribution < 1.29 is 4.79 Å². The predicted molar refractivity (Wildman–Crippen MR) is 98.2 cm³/mol. The molecular weight excluding hydrogens is 338 g/mol. The van der Waals surface area contributed by atoms with Crippen LogP contribution in [0.3, 0.4) is 0 Å². The maximum absolute atomic E-state index is 12.2. The van der Waals surface area contributed by atoms with E-state index in [1.54, 1.807) is 6.20 Å². The van der Waals surface area contributed by atoms with Crippen molar-refractivity contribution in [2.24, 2.45) is 0 Å². The Kier molecular flexibility index (Phi) is 6.10. The van der Waals surface area contributed by atoms with E-state index in [1.807, 2.05) is 6.07 Å². The molecule has 0 atom stereocenters. The van der Waals surface area contributed by atoms with Crippen molar-refractivity contribution in [1.29, 1.82) is 0 Å². The molecule has 0 bridgehead atoms. The van der Waals surface area contributed by atoms with Crippen molar-refractivity contribution >= 4 is 28.9 Å². The molecular formula is C16H23N7OS. The lowest BCUT2D eigenvalue weighted by Gasteiger charge is -2.17. The zero-order valence-electron chi connectivity index (χ0n) is 14.4. The molecule has 0 saturated carbocycles. The number of hydrogen-bond donors (Lipinski definition) is 2. The molecule has 0 unspecified atom stereocenters. The molecule has 0 aromatic carbocycles. The third kappa shape index (κ3) is 4.62. The summed E-state index contributed by atoms with van der Waals surface area (Å²) >= 11 is 1.15. The normalized spacial score (nSPS) is 13.9. The minimum atomic E-state index is -0.114. The Balaban J connectivity index is 1.46. The van der Waals surface area contributed by atoms with Crippen LogP contribution in [0.1, 0.15) is 41.6 Å². The molecule has 3 rings (SSSR count). The monoisotopic (exact) mass is 361 g/mol. The molecule has 9 heteroatoms. The zero-order valence-corrected chi connectivity index (χ0v) is 15.2. The molecule has 2 aromatic heterocycles. The highest BCUT2D eigenvalue weighted by Gasteiger charge is 2.15. The van der Waals surface area contributed by atoms with Gasteiger partial charge in [-0.1, -0.05) is 17.8 Å². The molecule has 0 aliphatic carbocycles. The van der Waals surface area contributed by atoms with E-state index in [-0.39, 0.29) is 5.91 Å². The molecule has 0 spiro atoms. The molecule has 1 amide bonds. The van der Waals surface area contributed by atoms with Crippen molar-refractivity contribution in [3.05, 3.63) is 22.8 Å². The van der Waals surface area contributed by atoms with Gasteiger partial charge in [0.05, 0.1) is 17.6 Å². The Hall–Kier alpha value is -2.29. The van der Waals surface area contributed by atoms with E-state index < -0.39 is 0 Å². The molecule has 25 heavy (non-hydrogen) atoms. The number of anilines is 2. The largest absolute Gasteiger partial charge is 0.370 e. The number of aryl methyl sites for hydroxylation is 1. The molecule has 1 aliphatic heterocycles. The molecule has 0 radical (unpaired) electrons. The van der Waals surface area contributed by atoms with Crippen LogP contribution in [0.15, 0.2) is 12.3 Å². The van der Waals surface area contributed by atoms with Gasteiger partial charge in [-0.05, 0) is 30.8 Å². The highest BCUT2D eigenvalue weighted by atomic mass is 32.1. The molecule has 3 heterocycles. The van der Waals surface area contributed by atoms with Crippen molar-refractivity contribution in [3.63, 3.8) is 0 Å². The summed E-state index contributed by atoms with van der Waals surface area (Å²) in [7, 11) is 0. The Bertz CT molecular complexity index is 699. The number of rotatable bonds is 8. The second kappa shape index (κ2) is 8.70. The molecule has 134 valence electrons. The van der Waals surface area contributed by atoms with Gasteiger partial charge in [-0.15, -0.1) is 10.2 Å². The van der Waals surface area contributed by atoms with Crippen LogP contribution >= 0.6 is 11.5 Å². The summed E-state index contributed by atoms with van der Waals surface area (Å²) < 4.78 is 3.88. The lowest BCUT2D eigenvalue weighted by molar-refractivity contribution is 0.0958. The van der Waals surface area contributed by atoms with Crippen molar-refractivity contribution in [1.82, 2.24) is 25.1 Å². The number of amides is 1. The van der Waals surface area contributed by atoms with Gasteiger partial charge in [0.25, 0.3) is 5.91 Å². The number of carbonyl (C=O) groups excluding carboxylic acids is 1. The Morgan fingerprint density at radius 3 is 2.92 bits per heavy atom. The van der Waals surface area contributed by atoms with E-state index in [0.29, 0.717) is 18.0 Å². The van der Waals surface area contributed by atoms with E-state index >= 15 is 0 Å². The van der Waals surface area contributed by atoms with Crippen LogP contribution in [0.4, 0.5) is 11.5 Å². The van der Waals surface area contributed by atoms with Gasteiger partial charge in [-0.3, -0.25) is 4.79 Å². The Morgan fingerprint density at radius 2 is 2.12 bits per heavy atom. The van der Waals surface area contributed by atoms with E-state index in [9.17, 15) is 4.79 Å². The molecule has 2 N–H and O–H groups in total. The summed E-state index contributed by atoms with van der Waals surface area (Å²) in [5.41, 5.74) is 1.88. The van der Waals surface area contributed by atoms with E-state index in [4.69, 9.17) is 0 Å². The molecule has 1 fully saturated rings. The van der Waals surface area contributed by atoms with E-state index in [0.717, 1.165) is 54.7 Å². The lowest BCUT2D eigenvalue weighted by Crippen LogP contribution is -2.29. The average molecular weight is 361 g/mol. The minimum absolute atomic E-state index is 0.114. The number of carbonyl (C=O) groups is 1. The minimum Gasteiger partial charge on any atom is -0.370 e. The van der Waals surface area contributed by atoms with Crippen LogP contribution in [-0.4, -0.2) is 51.9 Å². The van der Waals surface area contributed by atoms with Gasteiger partial charge in [-0.25, -0.2) is 0 Å². The van der Waals surface area contributed by atoms with Gasteiger partial charge < -0.3 is 15.5 Å². The molecule has 1 aliphatic rings. The van der Waals surface area contributed by atoms with Gasteiger partial charge >= 0.3 is 0 Å². The van der Waals surface area contributed by atoms with E-state index in [1.165, 1.54) is 12.8 Å². The fourth-order valence-electron chi connectivity index (χ4n) is 2.82. The Morgan fingerprint density at radius 1 is 1.28 bits per heavy atom. The van der Waals surface area contributed by atoms with Gasteiger partial charge in [0.1, 0.15) is 4.88 Å². The lowest BCUT2D eigenvalue weighted by atomic mass is 10.2. The number of nitrogens with one attached hydrogen (secondary N) is 2. The van der Waals surface area contributed by atoms with Gasteiger partial charge in [0.2, 0.25) is 0 Å². The van der Waals surface area contributed by atoms with Crippen molar-refractivity contribution in [3.8, 4) is 0 Å². The van der Waals surface area contributed by atoms with Crippen molar-refractivity contribution in [2.75, 3.05) is 36.4 Å². The summed E-state index contributed by atoms with van der Waals surface area (Å²) in [6, 6.07) is 2.01. The first-order valence-electron chi connectivity index (χ1n) is 8.69. The summed E-state index contributed by atoms with van der Waals surface area (Å²) in [5, 5.41) is 18.3. The fourth-order valence-corrected chi connectivity index (χ4v) is 3.44. The first-order chi connectivity index (χ1) is 12.3. The zero-order chi connectivity index (χ0) is 17.5. The van der Waals surface area contributed by atoms with Gasteiger partial charge in [0, 0.05) is 32.2 Å². The third-order valence-electron chi connectivity index (χ3n) is 4.08. The second-order valence-electron chi connectivity index (χ2n) is 5.97. The summed E-state index contributed by atoms with van der Waals surface area (Å²) in [5.74, 6) is 0.613. The van der Waals surface area contributed by atoms with Crippen LogP contribution in [0.25, 0.3) is 0 Å². The summed E-state index contributed by atoms with van der Waals surface area (Å²) in [4.78, 5) is 15.1. The maximum Gasteiger partial charge on any atom is 0.265 e. The maximum atomic E-state index is 12.2. The Labute approximate surface area is 151 Å². The standard InChI is InChI=1S/C16H23N7OS/c1-2-5-13-15(25-22-20-13)16(24)18-7-6-17-14-10-12(11-19-21-14)23-8-3-4-9-23/h10-11H,2-9H2,1H3,(H,17,21)(H,18,24). The van der Waals surface area contributed by atoms with Crippen LogP contribution in [-0.2, 0) is 6.42 Å².